The van der Waals surface area contributed by atoms with Gasteiger partial charge in [-0.2, -0.15) is 5.10 Å². The van der Waals surface area contributed by atoms with Gasteiger partial charge in [0.2, 0.25) is 0 Å². The van der Waals surface area contributed by atoms with Crippen LogP contribution in [0.4, 0.5) is 5.69 Å². The number of nitrogens with zero attached hydrogens (tertiary/aromatic N) is 1. The van der Waals surface area contributed by atoms with Gasteiger partial charge in [0.1, 0.15) is 0 Å². The molecule has 6 heteroatoms. The number of rotatable bonds is 4. The molecule has 106 valence electrons. The number of hydrogen-bond donors (Lipinski definition) is 2. The number of hydrogen-bond acceptors (Lipinski definition) is 3. The Hall–Kier alpha value is -2.60. The van der Waals surface area contributed by atoms with Gasteiger partial charge in [0, 0.05) is 11.9 Å². The summed E-state index contributed by atoms with van der Waals surface area (Å²) in [5.74, 6) is 0. The van der Waals surface area contributed by atoms with Crippen molar-refractivity contribution in [2.45, 2.75) is 4.90 Å². The summed E-state index contributed by atoms with van der Waals surface area (Å²) in [5, 5.41) is 6.74. The van der Waals surface area contributed by atoms with E-state index in [9.17, 15) is 8.42 Å². The maximum atomic E-state index is 12.2. The molecule has 0 aliphatic carbocycles. The van der Waals surface area contributed by atoms with E-state index in [4.69, 9.17) is 0 Å². The minimum absolute atomic E-state index is 0.239. The van der Waals surface area contributed by atoms with E-state index in [0.717, 1.165) is 11.3 Å². The van der Waals surface area contributed by atoms with Gasteiger partial charge in [-0.05, 0) is 35.9 Å². The van der Waals surface area contributed by atoms with Crippen LogP contribution in [0.5, 0.6) is 0 Å². The van der Waals surface area contributed by atoms with Gasteiger partial charge >= 0.3 is 0 Å². The molecule has 0 aliphatic rings. The summed E-state index contributed by atoms with van der Waals surface area (Å²) < 4.78 is 26.9. The summed E-state index contributed by atoms with van der Waals surface area (Å²) in [5.41, 5.74) is 2.34. The fourth-order valence-electron chi connectivity index (χ4n) is 1.95. The minimum atomic E-state index is -3.55. The van der Waals surface area contributed by atoms with Gasteiger partial charge in [-0.1, -0.05) is 30.3 Å². The number of sulfonamides is 1. The van der Waals surface area contributed by atoms with E-state index in [0.29, 0.717) is 5.69 Å². The molecule has 0 unspecified atom stereocenters. The molecule has 3 aromatic rings. The van der Waals surface area contributed by atoms with E-state index in [2.05, 4.69) is 14.9 Å². The van der Waals surface area contributed by atoms with Crippen LogP contribution in [0.2, 0.25) is 0 Å². The van der Waals surface area contributed by atoms with E-state index in [1.807, 2.05) is 18.2 Å². The van der Waals surface area contributed by atoms with Crippen molar-refractivity contribution >= 4 is 15.7 Å². The third-order valence-electron chi connectivity index (χ3n) is 3.00. The third-order valence-corrected chi connectivity index (χ3v) is 4.40. The largest absolute Gasteiger partial charge is 0.280 e. The Morgan fingerprint density at radius 3 is 2.24 bits per heavy atom. The fourth-order valence-corrected chi connectivity index (χ4v) is 3.03. The van der Waals surface area contributed by atoms with Crippen molar-refractivity contribution < 1.29 is 8.42 Å². The number of benzene rings is 2. The quantitative estimate of drug-likeness (QED) is 0.778. The molecule has 0 saturated heterocycles. The predicted molar refractivity (Wildman–Crippen MR) is 81.3 cm³/mol. The highest BCUT2D eigenvalue weighted by Crippen LogP contribution is 2.21. The Bertz CT molecular complexity index is 811. The van der Waals surface area contributed by atoms with E-state index in [-0.39, 0.29) is 4.90 Å². The highest BCUT2D eigenvalue weighted by Gasteiger charge is 2.13. The smallest absolute Gasteiger partial charge is 0.261 e. The Labute approximate surface area is 122 Å². The average Bonchev–Trinajstić information content (AvgIpc) is 3.03. The lowest BCUT2D eigenvalue weighted by Crippen LogP contribution is -2.12. The molecule has 0 radical (unpaired) electrons. The lowest BCUT2D eigenvalue weighted by atomic mass is 10.1. The van der Waals surface area contributed by atoms with Gasteiger partial charge < -0.3 is 0 Å². The first-order valence-corrected chi connectivity index (χ1v) is 7.81. The first-order chi connectivity index (χ1) is 10.1. The second-order valence-corrected chi connectivity index (χ2v) is 6.15. The summed E-state index contributed by atoms with van der Waals surface area (Å²) >= 11 is 0. The van der Waals surface area contributed by atoms with Crippen LogP contribution < -0.4 is 4.72 Å². The molecule has 0 saturated carbocycles. The first-order valence-electron chi connectivity index (χ1n) is 6.33. The van der Waals surface area contributed by atoms with Crippen LogP contribution in [0.1, 0.15) is 0 Å². The molecule has 1 heterocycles. The summed E-state index contributed by atoms with van der Waals surface area (Å²) in [7, 11) is -3.55. The number of nitrogens with one attached hydrogen (secondary N) is 2. The van der Waals surface area contributed by atoms with Crippen LogP contribution in [0, 0.1) is 0 Å². The SMILES string of the molecule is O=S(=O)(Nc1ccc(-c2ccn[nH]2)cc1)c1ccccc1. The van der Waals surface area contributed by atoms with Crippen molar-refractivity contribution in [2.75, 3.05) is 4.72 Å². The molecule has 21 heavy (non-hydrogen) atoms. The molecular weight excluding hydrogens is 286 g/mol. The van der Waals surface area contributed by atoms with Gasteiger partial charge in [-0.15, -0.1) is 0 Å². The predicted octanol–water partition coefficient (Wildman–Crippen LogP) is 2.88. The van der Waals surface area contributed by atoms with Crippen molar-refractivity contribution in [3.05, 3.63) is 66.9 Å². The maximum absolute atomic E-state index is 12.2. The average molecular weight is 299 g/mol. The van der Waals surface area contributed by atoms with Gasteiger partial charge in [-0.3, -0.25) is 9.82 Å². The van der Waals surface area contributed by atoms with Crippen LogP contribution >= 0.6 is 0 Å². The molecule has 3 rings (SSSR count). The maximum Gasteiger partial charge on any atom is 0.261 e. The molecule has 2 N–H and O–H groups in total. The van der Waals surface area contributed by atoms with E-state index in [1.54, 1.807) is 48.7 Å². The van der Waals surface area contributed by atoms with Crippen molar-refractivity contribution in [3.8, 4) is 11.3 Å². The normalized spacial score (nSPS) is 11.2. The van der Waals surface area contributed by atoms with E-state index < -0.39 is 10.0 Å². The van der Waals surface area contributed by atoms with Crippen molar-refractivity contribution in [3.63, 3.8) is 0 Å². The molecule has 5 nitrogen and oxygen atoms in total. The topological polar surface area (TPSA) is 74.8 Å². The Morgan fingerprint density at radius 1 is 0.905 bits per heavy atom. The van der Waals surface area contributed by atoms with Gasteiger partial charge in [0.25, 0.3) is 10.0 Å². The van der Waals surface area contributed by atoms with Crippen LogP contribution in [0.15, 0.2) is 71.8 Å². The van der Waals surface area contributed by atoms with Crippen LogP contribution in [-0.2, 0) is 10.0 Å². The second kappa shape index (κ2) is 5.41. The number of aromatic amines is 1. The molecule has 1 aromatic heterocycles. The highest BCUT2D eigenvalue weighted by atomic mass is 32.2. The molecular formula is C15H13N3O2S. The summed E-state index contributed by atoms with van der Waals surface area (Å²) in [4.78, 5) is 0.239. The fraction of sp³-hybridized carbons (Fsp3) is 0. The summed E-state index contributed by atoms with van der Waals surface area (Å²) in [6.07, 6.45) is 1.67. The van der Waals surface area contributed by atoms with E-state index in [1.165, 1.54) is 0 Å². The Morgan fingerprint density at radius 2 is 1.62 bits per heavy atom. The lowest BCUT2D eigenvalue weighted by molar-refractivity contribution is 0.601. The Kier molecular flexibility index (Phi) is 3.45. The van der Waals surface area contributed by atoms with Gasteiger partial charge in [0.15, 0.2) is 0 Å². The van der Waals surface area contributed by atoms with E-state index >= 15 is 0 Å². The van der Waals surface area contributed by atoms with Crippen LogP contribution in [-0.4, -0.2) is 18.6 Å². The molecule has 0 bridgehead atoms. The van der Waals surface area contributed by atoms with Crippen molar-refractivity contribution in [2.24, 2.45) is 0 Å². The zero-order valence-corrected chi connectivity index (χ0v) is 11.8. The molecule has 0 fully saturated rings. The highest BCUT2D eigenvalue weighted by molar-refractivity contribution is 7.92. The third kappa shape index (κ3) is 2.95. The minimum Gasteiger partial charge on any atom is -0.280 e. The molecule has 0 atom stereocenters. The zero-order valence-electron chi connectivity index (χ0n) is 11.0. The van der Waals surface area contributed by atoms with Crippen LogP contribution in [0.25, 0.3) is 11.3 Å². The molecule has 2 aromatic carbocycles. The lowest BCUT2D eigenvalue weighted by Gasteiger charge is -2.08. The Balaban J connectivity index is 1.83. The monoisotopic (exact) mass is 299 g/mol. The first kappa shape index (κ1) is 13.4. The van der Waals surface area contributed by atoms with Crippen LogP contribution in [0.3, 0.4) is 0 Å². The second-order valence-electron chi connectivity index (χ2n) is 4.47. The molecule has 0 spiro atoms. The number of H-pyrrole nitrogens is 1. The number of anilines is 1. The zero-order chi connectivity index (χ0) is 14.7. The standard InChI is InChI=1S/C15H13N3O2S/c19-21(20,14-4-2-1-3-5-14)18-13-8-6-12(7-9-13)15-10-11-16-17-15/h1-11,18H,(H,16,17). The van der Waals surface area contributed by atoms with Gasteiger partial charge in [0.05, 0.1) is 10.6 Å². The molecule has 0 aliphatic heterocycles. The van der Waals surface area contributed by atoms with Gasteiger partial charge in [-0.25, -0.2) is 8.42 Å². The summed E-state index contributed by atoms with van der Waals surface area (Å²) in [6, 6.07) is 17.2. The van der Waals surface area contributed by atoms with Crippen molar-refractivity contribution in [1.82, 2.24) is 10.2 Å². The number of aromatic nitrogens is 2. The van der Waals surface area contributed by atoms with Crippen molar-refractivity contribution in [1.29, 1.82) is 0 Å². The summed E-state index contributed by atoms with van der Waals surface area (Å²) in [6.45, 7) is 0. The molecule has 0 amide bonds.